The van der Waals surface area contributed by atoms with E-state index in [1.807, 2.05) is 35.9 Å². The van der Waals surface area contributed by atoms with Crippen LogP contribution in [0.4, 0.5) is 0 Å². The lowest BCUT2D eigenvalue weighted by atomic mass is 10.2. The van der Waals surface area contributed by atoms with Crippen molar-refractivity contribution in [1.29, 1.82) is 0 Å². The molecule has 0 aliphatic heterocycles. The van der Waals surface area contributed by atoms with Gasteiger partial charge in [-0.15, -0.1) is 0 Å². The minimum atomic E-state index is 0.417. The Morgan fingerprint density at radius 1 is 1.50 bits per heavy atom. The molecule has 0 fully saturated rings. The van der Waals surface area contributed by atoms with E-state index >= 15 is 0 Å². The number of rotatable bonds is 2. The number of carbonyl (C=O) groups excluding carboxylic acids is 1. The normalized spacial score (nSPS) is 10.7. The van der Waals surface area contributed by atoms with E-state index in [4.69, 9.17) is 0 Å². The lowest BCUT2D eigenvalue weighted by molar-refractivity contribution is -0.108. The number of benzene rings is 1. The van der Waals surface area contributed by atoms with E-state index in [1.165, 1.54) is 10.9 Å². The second-order valence-electron chi connectivity index (χ2n) is 3.27. The second kappa shape index (κ2) is 3.58. The third-order valence-electron chi connectivity index (χ3n) is 2.32. The molecule has 0 saturated carbocycles. The molecule has 0 N–H and O–H groups in total. The van der Waals surface area contributed by atoms with Crippen LogP contribution in [0.5, 0.6) is 0 Å². The number of hydrogen-bond donors (Lipinski definition) is 0. The third-order valence-corrected chi connectivity index (χ3v) is 2.98. The van der Waals surface area contributed by atoms with E-state index in [0.717, 1.165) is 16.3 Å². The lowest BCUT2D eigenvalue weighted by Crippen LogP contribution is -1.95. The van der Waals surface area contributed by atoms with Crippen molar-refractivity contribution in [3.05, 3.63) is 34.4 Å². The van der Waals surface area contributed by atoms with Crippen LogP contribution in [0.3, 0.4) is 0 Å². The van der Waals surface area contributed by atoms with E-state index < -0.39 is 0 Å². The molecule has 0 saturated heterocycles. The molecule has 2 rings (SSSR count). The maximum absolute atomic E-state index is 10.5. The maximum atomic E-state index is 10.5. The molecule has 0 aliphatic carbocycles. The summed E-state index contributed by atoms with van der Waals surface area (Å²) in [6, 6.07) is 6.02. The van der Waals surface area contributed by atoms with Gasteiger partial charge in [-0.2, -0.15) is 0 Å². The van der Waals surface area contributed by atoms with Crippen LogP contribution in [-0.2, 0) is 11.3 Å². The summed E-state index contributed by atoms with van der Waals surface area (Å²) < 4.78 is 3.04. The topological polar surface area (TPSA) is 22.0 Å². The summed E-state index contributed by atoms with van der Waals surface area (Å²) in [5, 5.41) is 1.19. The number of aldehydes is 1. The van der Waals surface area contributed by atoms with Gasteiger partial charge in [0.2, 0.25) is 0 Å². The summed E-state index contributed by atoms with van der Waals surface area (Å²) in [5.41, 5.74) is 2.29. The van der Waals surface area contributed by atoms with Gasteiger partial charge in [0.1, 0.15) is 6.29 Å². The first-order chi connectivity index (χ1) is 6.74. The van der Waals surface area contributed by atoms with Gasteiger partial charge >= 0.3 is 0 Å². The Balaban J connectivity index is 2.77. The molecule has 0 spiro atoms. The van der Waals surface area contributed by atoms with Crippen LogP contribution in [0, 0.1) is 6.92 Å². The van der Waals surface area contributed by atoms with Crippen LogP contribution in [0.2, 0.25) is 0 Å². The molecule has 0 aliphatic rings. The van der Waals surface area contributed by atoms with Gasteiger partial charge in [0, 0.05) is 21.6 Å². The van der Waals surface area contributed by atoms with Gasteiger partial charge < -0.3 is 9.36 Å². The third kappa shape index (κ3) is 1.38. The van der Waals surface area contributed by atoms with Crippen molar-refractivity contribution in [3.8, 4) is 0 Å². The Hall–Kier alpha value is -1.09. The summed E-state index contributed by atoms with van der Waals surface area (Å²) in [4.78, 5) is 10.5. The van der Waals surface area contributed by atoms with Crippen LogP contribution >= 0.6 is 15.9 Å². The fourth-order valence-electron chi connectivity index (χ4n) is 1.74. The van der Waals surface area contributed by atoms with Gasteiger partial charge in [0.25, 0.3) is 0 Å². The second-order valence-corrected chi connectivity index (χ2v) is 4.12. The highest BCUT2D eigenvalue weighted by molar-refractivity contribution is 9.10. The summed E-state index contributed by atoms with van der Waals surface area (Å²) in [7, 11) is 0. The molecule has 1 aromatic carbocycles. The van der Waals surface area contributed by atoms with Crippen molar-refractivity contribution in [2.75, 3.05) is 0 Å². The molecule has 3 heteroatoms. The zero-order chi connectivity index (χ0) is 10.1. The molecule has 2 aromatic rings. The first kappa shape index (κ1) is 9.46. The van der Waals surface area contributed by atoms with Crippen LogP contribution < -0.4 is 0 Å². The average Bonchev–Trinajstić information content (AvgIpc) is 2.46. The van der Waals surface area contributed by atoms with Crippen molar-refractivity contribution < 1.29 is 4.79 Å². The Labute approximate surface area is 90.7 Å². The Kier molecular flexibility index (Phi) is 2.42. The Morgan fingerprint density at radius 3 is 3.00 bits per heavy atom. The standard InChI is InChI=1S/C11H10BrNO/c1-8-7-13(5-6-14)10-4-2-3-9(12)11(8)10/h2-4,6-7H,5H2,1H3. The molecular weight excluding hydrogens is 242 g/mol. The number of aromatic nitrogens is 1. The summed E-state index contributed by atoms with van der Waals surface area (Å²) in [6.45, 7) is 2.47. The van der Waals surface area contributed by atoms with Crippen LogP contribution in [-0.4, -0.2) is 10.9 Å². The number of aryl methyl sites for hydroxylation is 1. The first-order valence-corrected chi connectivity index (χ1v) is 5.21. The van der Waals surface area contributed by atoms with Gasteiger partial charge in [0.05, 0.1) is 6.54 Å². The number of halogens is 1. The van der Waals surface area contributed by atoms with Gasteiger partial charge in [-0.3, -0.25) is 0 Å². The lowest BCUT2D eigenvalue weighted by Gasteiger charge is -1.99. The molecule has 0 unspecified atom stereocenters. The number of fused-ring (bicyclic) bond motifs is 1. The number of carbonyl (C=O) groups is 1. The van der Waals surface area contributed by atoms with Crippen molar-refractivity contribution in [2.45, 2.75) is 13.5 Å². The van der Waals surface area contributed by atoms with Crippen molar-refractivity contribution >= 4 is 33.1 Å². The molecule has 14 heavy (non-hydrogen) atoms. The molecule has 1 aromatic heterocycles. The van der Waals surface area contributed by atoms with Gasteiger partial charge in [-0.05, 0) is 24.6 Å². The molecular formula is C11H10BrNO. The molecule has 0 amide bonds. The zero-order valence-corrected chi connectivity index (χ0v) is 9.41. The quantitative estimate of drug-likeness (QED) is 0.753. The van der Waals surface area contributed by atoms with E-state index in [2.05, 4.69) is 15.9 Å². The zero-order valence-electron chi connectivity index (χ0n) is 7.83. The fraction of sp³-hybridized carbons (Fsp3) is 0.182. The van der Waals surface area contributed by atoms with E-state index in [0.29, 0.717) is 6.54 Å². The maximum Gasteiger partial charge on any atom is 0.139 e. The molecule has 1 heterocycles. The summed E-state index contributed by atoms with van der Waals surface area (Å²) >= 11 is 3.51. The van der Waals surface area contributed by atoms with E-state index in [9.17, 15) is 4.79 Å². The molecule has 2 nitrogen and oxygen atoms in total. The molecule has 72 valence electrons. The Morgan fingerprint density at radius 2 is 2.29 bits per heavy atom. The minimum absolute atomic E-state index is 0.417. The summed E-state index contributed by atoms with van der Waals surface area (Å²) in [5.74, 6) is 0. The number of nitrogens with zero attached hydrogens (tertiary/aromatic N) is 1. The predicted octanol–water partition coefficient (Wildman–Crippen LogP) is 2.91. The number of hydrogen-bond acceptors (Lipinski definition) is 1. The summed E-state index contributed by atoms with van der Waals surface area (Å²) in [6.07, 6.45) is 2.92. The van der Waals surface area contributed by atoms with Crippen LogP contribution in [0.25, 0.3) is 10.9 Å². The van der Waals surface area contributed by atoms with E-state index in [-0.39, 0.29) is 0 Å². The molecule has 0 atom stereocenters. The monoisotopic (exact) mass is 251 g/mol. The van der Waals surface area contributed by atoms with Crippen LogP contribution in [0.15, 0.2) is 28.9 Å². The van der Waals surface area contributed by atoms with Gasteiger partial charge in [0.15, 0.2) is 0 Å². The fourth-order valence-corrected chi connectivity index (χ4v) is 2.41. The predicted molar refractivity (Wildman–Crippen MR) is 60.4 cm³/mol. The van der Waals surface area contributed by atoms with Gasteiger partial charge in [-0.25, -0.2) is 0 Å². The first-order valence-electron chi connectivity index (χ1n) is 4.41. The highest BCUT2D eigenvalue weighted by atomic mass is 79.9. The molecule has 0 radical (unpaired) electrons. The highest BCUT2D eigenvalue weighted by Crippen LogP contribution is 2.28. The highest BCUT2D eigenvalue weighted by Gasteiger charge is 2.06. The van der Waals surface area contributed by atoms with Crippen molar-refractivity contribution in [1.82, 2.24) is 4.57 Å². The minimum Gasteiger partial charge on any atom is -0.340 e. The molecule has 0 bridgehead atoms. The van der Waals surface area contributed by atoms with Crippen molar-refractivity contribution in [2.24, 2.45) is 0 Å². The smallest absolute Gasteiger partial charge is 0.139 e. The van der Waals surface area contributed by atoms with E-state index in [1.54, 1.807) is 0 Å². The SMILES string of the molecule is Cc1cn(CC=O)c2cccc(Br)c12. The average molecular weight is 252 g/mol. The van der Waals surface area contributed by atoms with Gasteiger partial charge in [-0.1, -0.05) is 22.0 Å². The largest absolute Gasteiger partial charge is 0.340 e. The Bertz CT molecular complexity index is 487. The van der Waals surface area contributed by atoms with Crippen molar-refractivity contribution in [3.63, 3.8) is 0 Å². The van der Waals surface area contributed by atoms with Crippen LogP contribution in [0.1, 0.15) is 5.56 Å².